The molecule has 0 bridgehead atoms. The van der Waals surface area contributed by atoms with Crippen molar-refractivity contribution in [2.24, 2.45) is 0 Å². The summed E-state index contributed by atoms with van der Waals surface area (Å²) in [5, 5.41) is 11.9. The lowest BCUT2D eigenvalue weighted by atomic mass is 10.0. The van der Waals surface area contributed by atoms with Crippen molar-refractivity contribution in [3.8, 4) is 0 Å². The predicted octanol–water partition coefficient (Wildman–Crippen LogP) is 5.13. The van der Waals surface area contributed by atoms with E-state index < -0.39 is 5.97 Å². The zero-order valence-corrected chi connectivity index (χ0v) is 19.1. The molecule has 5 heteroatoms. The van der Waals surface area contributed by atoms with Gasteiger partial charge < -0.3 is 14.9 Å². The van der Waals surface area contributed by atoms with Gasteiger partial charge in [-0.3, -0.25) is 9.59 Å². The standard InChI is InChI=1S/C23H46N2O3/c1-5-6-7-8-9-10-11-12-13-14-15-16-17-18-22(26)24-21(19-23(27)28)20-25(2,3)4/h21H,5-20H2,1-4H3,(H-,24,26,27,28)/p+1. The minimum atomic E-state index is -0.861. The molecule has 0 aromatic rings. The van der Waals surface area contributed by atoms with Gasteiger partial charge in [-0.1, -0.05) is 84.0 Å². The molecule has 1 unspecified atom stereocenters. The molecule has 0 aliphatic carbocycles. The first-order valence-electron chi connectivity index (χ1n) is 11.6. The molecule has 0 saturated carbocycles. The van der Waals surface area contributed by atoms with Gasteiger partial charge in [-0.15, -0.1) is 0 Å². The highest BCUT2D eigenvalue weighted by atomic mass is 16.4. The van der Waals surface area contributed by atoms with Crippen molar-refractivity contribution in [1.29, 1.82) is 0 Å². The maximum atomic E-state index is 12.1. The van der Waals surface area contributed by atoms with Crippen LogP contribution >= 0.6 is 0 Å². The summed E-state index contributed by atoms with van der Waals surface area (Å²) in [6.45, 7) is 2.88. The molecule has 5 nitrogen and oxygen atoms in total. The average Bonchev–Trinajstić information content (AvgIpc) is 2.56. The number of rotatable bonds is 19. The Balaban J connectivity index is 3.63. The Morgan fingerprint density at radius 1 is 0.786 bits per heavy atom. The molecule has 0 saturated heterocycles. The molecule has 0 heterocycles. The van der Waals surface area contributed by atoms with E-state index >= 15 is 0 Å². The highest BCUT2D eigenvalue weighted by Crippen LogP contribution is 2.13. The quantitative estimate of drug-likeness (QED) is 0.234. The minimum absolute atomic E-state index is 0.0113. The number of unbranched alkanes of at least 4 members (excludes halogenated alkanes) is 12. The summed E-state index contributed by atoms with van der Waals surface area (Å²) in [6.07, 6.45) is 17.2. The van der Waals surface area contributed by atoms with Crippen LogP contribution in [-0.2, 0) is 9.59 Å². The Labute approximate surface area is 173 Å². The molecule has 0 aliphatic rings. The molecule has 0 aromatic carbocycles. The summed E-state index contributed by atoms with van der Waals surface area (Å²) < 4.78 is 0.636. The topological polar surface area (TPSA) is 66.4 Å². The van der Waals surface area contributed by atoms with Crippen molar-refractivity contribution >= 4 is 11.9 Å². The van der Waals surface area contributed by atoms with E-state index in [0.717, 1.165) is 12.8 Å². The van der Waals surface area contributed by atoms with Crippen LogP contribution < -0.4 is 5.32 Å². The van der Waals surface area contributed by atoms with Crippen molar-refractivity contribution < 1.29 is 19.2 Å². The Morgan fingerprint density at radius 2 is 1.21 bits per heavy atom. The summed E-state index contributed by atoms with van der Waals surface area (Å²) in [7, 11) is 6.02. The van der Waals surface area contributed by atoms with E-state index in [-0.39, 0.29) is 18.4 Å². The first kappa shape index (κ1) is 26.9. The number of quaternary nitrogens is 1. The van der Waals surface area contributed by atoms with Crippen LogP contribution in [0.4, 0.5) is 0 Å². The summed E-state index contributed by atoms with van der Waals surface area (Å²) >= 11 is 0. The lowest BCUT2D eigenvalue weighted by molar-refractivity contribution is -0.871. The van der Waals surface area contributed by atoms with Gasteiger partial charge >= 0.3 is 5.97 Å². The third-order valence-corrected chi connectivity index (χ3v) is 5.06. The SMILES string of the molecule is CCCCCCCCCCCCCCCC(=O)NC(CC(=O)O)C[N+](C)(C)C. The lowest BCUT2D eigenvalue weighted by Crippen LogP contribution is -2.49. The number of amides is 1. The van der Waals surface area contributed by atoms with Crippen molar-refractivity contribution in [1.82, 2.24) is 5.32 Å². The van der Waals surface area contributed by atoms with Gasteiger partial charge in [-0.2, -0.15) is 0 Å². The van der Waals surface area contributed by atoms with Crippen LogP contribution in [0.25, 0.3) is 0 Å². The Kier molecular flexibility index (Phi) is 16.2. The van der Waals surface area contributed by atoms with Crippen molar-refractivity contribution in [3.63, 3.8) is 0 Å². The molecule has 166 valence electrons. The summed E-state index contributed by atoms with van der Waals surface area (Å²) in [4.78, 5) is 23.1. The van der Waals surface area contributed by atoms with E-state index in [2.05, 4.69) is 12.2 Å². The van der Waals surface area contributed by atoms with Crippen LogP contribution in [0.3, 0.4) is 0 Å². The maximum absolute atomic E-state index is 12.1. The van der Waals surface area contributed by atoms with Gasteiger partial charge in [0.2, 0.25) is 5.91 Å². The minimum Gasteiger partial charge on any atom is -0.481 e. The van der Waals surface area contributed by atoms with Gasteiger partial charge in [0.05, 0.1) is 40.2 Å². The second-order valence-electron chi connectivity index (χ2n) is 9.33. The number of carboxylic acid groups (broad SMARTS) is 1. The first-order valence-corrected chi connectivity index (χ1v) is 11.6. The molecule has 0 aromatic heterocycles. The summed E-state index contributed by atoms with van der Waals surface area (Å²) in [6, 6.07) is -0.299. The highest BCUT2D eigenvalue weighted by Gasteiger charge is 2.22. The molecule has 28 heavy (non-hydrogen) atoms. The second-order valence-corrected chi connectivity index (χ2v) is 9.33. The van der Waals surface area contributed by atoms with E-state index in [0.29, 0.717) is 17.4 Å². The van der Waals surface area contributed by atoms with Crippen molar-refractivity contribution in [2.75, 3.05) is 27.7 Å². The monoisotopic (exact) mass is 399 g/mol. The number of nitrogens with zero attached hydrogens (tertiary/aromatic N) is 1. The Morgan fingerprint density at radius 3 is 1.61 bits per heavy atom. The number of likely N-dealkylation sites (N-methyl/N-ethyl adjacent to an activating group) is 1. The second kappa shape index (κ2) is 16.8. The molecule has 2 N–H and O–H groups in total. The molecule has 1 amide bonds. The van der Waals surface area contributed by atoms with E-state index in [4.69, 9.17) is 5.11 Å². The lowest BCUT2D eigenvalue weighted by Gasteiger charge is -2.29. The van der Waals surface area contributed by atoms with Gasteiger partial charge in [0, 0.05) is 6.42 Å². The fourth-order valence-electron chi connectivity index (χ4n) is 3.64. The molecule has 0 rings (SSSR count). The van der Waals surface area contributed by atoms with Gasteiger partial charge in [0.1, 0.15) is 0 Å². The number of carbonyl (C=O) groups excluding carboxylic acids is 1. The fraction of sp³-hybridized carbons (Fsp3) is 0.913. The van der Waals surface area contributed by atoms with Gasteiger partial charge in [-0.25, -0.2) is 0 Å². The third kappa shape index (κ3) is 19.7. The number of hydrogen-bond donors (Lipinski definition) is 2. The van der Waals surface area contributed by atoms with Crippen LogP contribution in [0.5, 0.6) is 0 Å². The summed E-state index contributed by atoms with van der Waals surface area (Å²) in [5.74, 6) is -0.873. The highest BCUT2D eigenvalue weighted by molar-refractivity contribution is 5.77. The smallest absolute Gasteiger partial charge is 0.305 e. The number of carbonyl (C=O) groups is 2. The number of carboxylic acids is 1. The molecule has 1 atom stereocenters. The van der Waals surface area contributed by atoms with Crippen LogP contribution in [0, 0.1) is 0 Å². The number of hydrogen-bond acceptors (Lipinski definition) is 2. The van der Waals surface area contributed by atoms with Crippen LogP contribution in [0.15, 0.2) is 0 Å². The molecule has 0 fully saturated rings. The zero-order chi connectivity index (χ0) is 21.3. The molecule has 0 spiro atoms. The van der Waals surface area contributed by atoms with Gasteiger partial charge in [0.25, 0.3) is 0 Å². The third-order valence-electron chi connectivity index (χ3n) is 5.06. The fourth-order valence-corrected chi connectivity index (χ4v) is 3.64. The normalized spacial score (nSPS) is 12.7. The molecular formula is C23H47N2O3+. The van der Waals surface area contributed by atoms with Crippen molar-refractivity contribution in [3.05, 3.63) is 0 Å². The summed E-state index contributed by atoms with van der Waals surface area (Å²) in [5.41, 5.74) is 0. The van der Waals surface area contributed by atoms with Gasteiger partial charge in [0.15, 0.2) is 0 Å². The van der Waals surface area contributed by atoms with Crippen molar-refractivity contribution in [2.45, 2.75) is 109 Å². The van der Waals surface area contributed by atoms with Crippen LogP contribution in [0.2, 0.25) is 0 Å². The van der Waals surface area contributed by atoms with E-state index in [1.165, 1.54) is 70.6 Å². The zero-order valence-electron chi connectivity index (χ0n) is 19.1. The van der Waals surface area contributed by atoms with E-state index in [9.17, 15) is 9.59 Å². The number of aliphatic carboxylic acids is 1. The molecular weight excluding hydrogens is 352 g/mol. The maximum Gasteiger partial charge on any atom is 0.305 e. The average molecular weight is 400 g/mol. The largest absolute Gasteiger partial charge is 0.481 e. The molecule has 0 radical (unpaired) electrons. The predicted molar refractivity (Wildman–Crippen MR) is 117 cm³/mol. The van der Waals surface area contributed by atoms with Crippen LogP contribution in [-0.4, -0.2) is 55.2 Å². The Bertz CT molecular complexity index is 405. The van der Waals surface area contributed by atoms with E-state index in [1.807, 2.05) is 21.1 Å². The first-order chi connectivity index (χ1) is 13.2. The number of nitrogens with one attached hydrogen (secondary N) is 1. The van der Waals surface area contributed by atoms with Crippen LogP contribution in [0.1, 0.15) is 103 Å². The van der Waals surface area contributed by atoms with E-state index in [1.54, 1.807) is 0 Å². The van der Waals surface area contributed by atoms with Gasteiger partial charge in [-0.05, 0) is 6.42 Å². The Hall–Kier alpha value is -1.10. The molecule has 0 aliphatic heterocycles.